The van der Waals surface area contributed by atoms with Gasteiger partial charge in [-0.2, -0.15) is 0 Å². The Morgan fingerprint density at radius 2 is 2.25 bits per heavy atom. The third-order valence-corrected chi connectivity index (χ3v) is 3.43. The normalized spacial score (nSPS) is 21.2. The van der Waals surface area contributed by atoms with Gasteiger partial charge >= 0.3 is 0 Å². The SMILES string of the molecule is OC1(CN2CCOc3ccc(Cl)cc32)CC1. The highest BCUT2D eigenvalue weighted by Gasteiger charge is 2.42. The number of β-amino-alcohol motifs (C(OH)–C–C–N with tert-alkyl or cyclic N) is 1. The van der Waals surface area contributed by atoms with Gasteiger partial charge in [0, 0.05) is 11.6 Å². The van der Waals surface area contributed by atoms with Gasteiger partial charge in [-0.25, -0.2) is 0 Å². The van der Waals surface area contributed by atoms with Gasteiger partial charge in [-0.05, 0) is 31.0 Å². The van der Waals surface area contributed by atoms with Crippen molar-refractivity contribution in [2.45, 2.75) is 18.4 Å². The Balaban J connectivity index is 1.89. The van der Waals surface area contributed by atoms with Crippen molar-refractivity contribution >= 4 is 17.3 Å². The number of hydrogen-bond donors (Lipinski definition) is 1. The Bertz CT molecular complexity index is 417. The highest BCUT2D eigenvalue weighted by molar-refractivity contribution is 6.30. The van der Waals surface area contributed by atoms with Gasteiger partial charge in [0.15, 0.2) is 0 Å². The largest absolute Gasteiger partial charge is 0.490 e. The van der Waals surface area contributed by atoms with Crippen molar-refractivity contribution in [3.05, 3.63) is 23.2 Å². The molecule has 1 saturated carbocycles. The lowest BCUT2D eigenvalue weighted by Gasteiger charge is -2.32. The molecule has 1 fully saturated rings. The predicted molar refractivity (Wildman–Crippen MR) is 63.3 cm³/mol. The summed E-state index contributed by atoms with van der Waals surface area (Å²) in [6, 6.07) is 5.62. The Morgan fingerprint density at radius 3 is 3.00 bits per heavy atom. The second-order valence-corrected chi connectivity index (χ2v) is 5.04. The molecule has 0 spiro atoms. The van der Waals surface area contributed by atoms with Crippen LogP contribution in [0.25, 0.3) is 0 Å². The molecule has 1 aromatic carbocycles. The lowest BCUT2D eigenvalue weighted by molar-refractivity contribution is 0.153. The average Bonchev–Trinajstić information content (AvgIpc) is 2.97. The van der Waals surface area contributed by atoms with E-state index < -0.39 is 5.60 Å². The molecule has 0 saturated heterocycles. The van der Waals surface area contributed by atoms with E-state index in [9.17, 15) is 5.11 Å². The van der Waals surface area contributed by atoms with Gasteiger partial charge in [-0.15, -0.1) is 0 Å². The molecule has 16 heavy (non-hydrogen) atoms. The lowest BCUT2D eigenvalue weighted by atomic mass is 10.2. The van der Waals surface area contributed by atoms with E-state index in [-0.39, 0.29) is 0 Å². The van der Waals surface area contributed by atoms with E-state index in [1.807, 2.05) is 18.2 Å². The number of benzene rings is 1. The van der Waals surface area contributed by atoms with E-state index in [1.165, 1.54) is 0 Å². The third kappa shape index (κ3) is 1.85. The number of aliphatic hydroxyl groups is 1. The summed E-state index contributed by atoms with van der Waals surface area (Å²) in [5.41, 5.74) is 0.524. The Hall–Kier alpha value is -0.930. The fourth-order valence-electron chi connectivity index (χ4n) is 2.07. The molecular formula is C12H14ClNO2. The first-order chi connectivity index (χ1) is 7.66. The standard InChI is InChI=1S/C12H14ClNO2/c13-9-1-2-11-10(7-9)14(5-6-16-11)8-12(15)3-4-12/h1-2,7,15H,3-6,8H2. The number of ether oxygens (including phenoxy) is 1. The molecule has 1 aliphatic carbocycles. The molecule has 1 aliphatic heterocycles. The van der Waals surface area contributed by atoms with Crippen molar-refractivity contribution in [2.24, 2.45) is 0 Å². The molecule has 0 unspecified atom stereocenters. The van der Waals surface area contributed by atoms with E-state index >= 15 is 0 Å². The molecule has 0 radical (unpaired) electrons. The zero-order valence-electron chi connectivity index (χ0n) is 8.95. The van der Waals surface area contributed by atoms with Crippen molar-refractivity contribution < 1.29 is 9.84 Å². The number of anilines is 1. The highest BCUT2D eigenvalue weighted by Crippen LogP contribution is 2.40. The maximum atomic E-state index is 9.96. The molecule has 4 heteroatoms. The fraction of sp³-hybridized carbons (Fsp3) is 0.500. The fourth-order valence-corrected chi connectivity index (χ4v) is 2.23. The van der Waals surface area contributed by atoms with Crippen LogP contribution in [-0.2, 0) is 0 Å². The van der Waals surface area contributed by atoms with Crippen LogP contribution < -0.4 is 9.64 Å². The number of hydrogen-bond acceptors (Lipinski definition) is 3. The zero-order chi connectivity index (χ0) is 11.2. The van der Waals surface area contributed by atoms with Gasteiger partial charge in [0.05, 0.1) is 17.8 Å². The van der Waals surface area contributed by atoms with Crippen LogP contribution >= 0.6 is 11.6 Å². The number of fused-ring (bicyclic) bond motifs is 1. The molecular weight excluding hydrogens is 226 g/mol. The minimum Gasteiger partial charge on any atom is -0.490 e. The van der Waals surface area contributed by atoms with Crippen molar-refractivity contribution in [3.8, 4) is 5.75 Å². The van der Waals surface area contributed by atoms with Gasteiger partial charge in [0.25, 0.3) is 0 Å². The van der Waals surface area contributed by atoms with Crippen LogP contribution in [0.4, 0.5) is 5.69 Å². The van der Waals surface area contributed by atoms with Gasteiger partial charge in [0.2, 0.25) is 0 Å². The summed E-state index contributed by atoms with van der Waals surface area (Å²) in [6.45, 7) is 2.17. The molecule has 0 amide bonds. The van der Waals surface area contributed by atoms with Crippen LogP contribution in [0.15, 0.2) is 18.2 Å². The second-order valence-electron chi connectivity index (χ2n) is 4.61. The summed E-state index contributed by atoms with van der Waals surface area (Å²) >= 11 is 5.98. The molecule has 0 atom stereocenters. The molecule has 3 rings (SSSR count). The van der Waals surface area contributed by atoms with Gasteiger partial charge in [-0.1, -0.05) is 11.6 Å². The molecule has 86 valence electrons. The highest BCUT2D eigenvalue weighted by atomic mass is 35.5. The maximum Gasteiger partial charge on any atom is 0.142 e. The second kappa shape index (κ2) is 3.54. The van der Waals surface area contributed by atoms with E-state index in [0.29, 0.717) is 18.2 Å². The quantitative estimate of drug-likeness (QED) is 0.858. The van der Waals surface area contributed by atoms with Crippen molar-refractivity contribution in [1.29, 1.82) is 0 Å². The van der Waals surface area contributed by atoms with Crippen LogP contribution in [0.3, 0.4) is 0 Å². The predicted octanol–water partition coefficient (Wildman–Crippen LogP) is 2.06. The summed E-state index contributed by atoms with van der Waals surface area (Å²) in [5, 5.41) is 10.7. The van der Waals surface area contributed by atoms with Crippen LogP contribution in [-0.4, -0.2) is 30.4 Å². The molecule has 0 bridgehead atoms. The van der Waals surface area contributed by atoms with E-state index in [1.54, 1.807) is 0 Å². The van der Waals surface area contributed by atoms with Gasteiger partial charge in [0.1, 0.15) is 12.4 Å². The van der Waals surface area contributed by atoms with Gasteiger partial charge in [-0.3, -0.25) is 0 Å². The molecule has 0 aromatic heterocycles. The van der Waals surface area contributed by atoms with Crippen molar-refractivity contribution in [2.75, 3.05) is 24.6 Å². The Kier molecular flexibility index (Phi) is 2.26. The van der Waals surface area contributed by atoms with E-state index in [0.717, 1.165) is 30.8 Å². The van der Waals surface area contributed by atoms with Crippen LogP contribution in [0, 0.1) is 0 Å². The van der Waals surface area contributed by atoms with E-state index in [2.05, 4.69) is 4.90 Å². The third-order valence-electron chi connectivity index (χ3n) is 3.19. The van der Waals surface area contributed by atoms with Crippen molar-refractivity contribution in [1.82, 2.24) is 0 Å². The van der Waals surface area contributed by atoms with E-state index in [4.69, 9.17) is 16.3 Å². The first kappa shape index (κ1) is 10.2. The lowest BCUT2D eigenvalue weighted by Crippen LogP contribution is -2.39. The topological polar surface area (TPSA) is 32.7 Å². The number of rotatable bonds is 2. The molecule has 3 nitrogen and oxygen atoms in total. The zero-order valence-corrected chi connectivity index (χ0v) is 9.70. The Morgan fingerprint density at radius 1 is 1.44 bits per heavy atom. The summed E-state index contributed by atoms with van der Waals surface area (Å²) in [4.78, 5) is 2.16. The van der Waals surface area contributed by atoms with Crippen LogP contribution in [0.1, 0.15) is 12.8 Å². The first-order valence-electron chi connectivity index (χ1n) is 5.56. The summed E-state index contributed by atoms with van der Waals surface area (Å²) < 4.78 is 5.56. The monoisotopic (exact) mass is 239 g/mol. The number of halogens is 1. The minimum absolute atomic E-state index is 0.475. The van der Waals surface area contributed by atoms with Crippen LogP contribution in [0.5, 0.6) is 5.75 Å². The molecule has 1 aromatic rings. The molecule has 1 N–H and O–H groups in total. The minimum atomic E-state index is -0.475. The summed E-state index contributed by atoms with van der Waals surface area (Å²) in [5.74, 6) is 0.861. The smallest absolute Gasteiger partial charge is 0.142 e. The van der Waals surface area contributed by atoms with Crippen LogP contribution in [0.2, 0.25) is 5.02 Å². The maximum absolute atomic E-state index is 9.96. The van der Waals surface area contributed by atoms with Gasteiger partial charge < -0.3 is 14.7 Å². The molecule has 1 heterocycles. The molecule has 2 aliphatic rings. The average molecular weight is 240 g/mol. The van der Waals surface area contributed by atoms with Crippen molar-refractivity contribution in [3.63, 3.8) is 0 Å². The first-order valence-corrected chi connectivity index (χ1v) is 5.94. The summed E-state index contributed by atoms with van der Waals surface area (Å²) in [6.07, 6.45) is 1.81. The number of nitrogens with zero attached hydrogens (tertiary/aromatic N) is 1. The summed E-state index contributed by atoms with van der Waals surface area (Å²) in [7, 11) is 0. The Labute approximate surface area is 99.6 Å².